The van der Waals surface area contributed by atoms with Gasteiger partial charge in [-0.2, -0.15) is 0 Å². The van der Waals surface area contributed by atoms with Gasteiger partial charge in [0.2, 0.25) is 5.91 Å². The Morgan fingerprint density at radius 2 is 1.92 bits per heavy atom. The zero-order valence-electron chi connectivity index (χ0n) is 15.0. The Balaban J connectivity index is 1.88. The first-order valence-electron chi connectivity index (χ1n) is 8.76. The highest BCUT2D eigenvalue weighted by molar-refractivity contribution is 5.77. The second kappa shape index (κ2) is 9.42. The van der Waals surface area contributed by atoms with E-state index in [0.717, 1.165) is 24.2 Å². The third-order valence-corrected chi connectivity index (χ3v) is 4.58. The molecular formula is C19H27NO5. The van der Waals surface area contributed by atoms with Gasteiger partial charge in [0.1, 0.15) is 5.75 Å². The largest absolute Gasteiger partial charge is 0.493 e. The lowest BCUT2D eigenvalue weighted by atomic mass is 10.1. The molecule has 0 aliphatic carbocycles. The van der Waals surface area contributed by atoms with Crippen LogP contribution in [0, 0.1) is 13.8 Å². The average Bonchev–Trinajstić information content (AvgIpc) is 2.59. The number of benzene rings is 1. The van der Waals surface area contributed by atoms with E-state index in [1.54, 1.807) is 4.90 Å². The molecule has 0 spiro atoms. The van der Waals surface area contributed by atoms with E-state index < -0.39 is 5.97 Å². The number of rotatable bonds is 8. The lowest BCUT2D eigenvalue weighted by molar-refractivity contribution is -0.140. The predicted molar refractivity (Wildman–Crippen MR) is 93.8 cm³/mol. The summed E-state index contributed by atoms with van der Waals surface area (Å²) >= 11 is 0. The minimum Gasteiger partial charge on any atom is -0.493 e. The lowest BCUT2D eigenvalue weighted by Gasteiger charge is -2.34. The normalized spacial score (nSPS) is 15.0. The first kappa shape index (κ1) is 19.2. The van der Waals surface area contributed by atoms with E-state index in [9.17, 15) is 9.59 Å². The number of ether oxygens (including phenoxy) is 2. The molecule has 0 bridgehead atoms. The van der Waals surface area contributed by atoms with Crippen molar-refractivity contribution in [1.82, 2.24) is 4.90 Å². The quantitative estimate of drug-likeness (QED) is 0.780. The fourth-order valence-corrected chi connectivity index (χ4v) is 2.93. The van der Waals surface area contributed by atoms with E-state index >= 15 is 0 Å². The molecule has 1 amide bonds. The third-order valence-electron chi connectivity index (χ3n) is 4.58. The monoisotopic (exact) mass is 349 g/mol. The number of hydrogen-bond acceptors (Lipinski definition) is 4. The van der Waals surface area contributed by atoms with Gasteiger partial charge in [-0.1, -0.05) is 6.07 Å². The topological polar surface area (TPSA) is 76.1 Å². The van der Waals surface area contributed by atoms with Gasteiger partial charge in [-0.05, 0) is 49.9 Å². The fourth-order valence-electron chi connectivity index (χ4n) is 2.93. The van der Waals surface area contributed by atoms with Crippen molar-refractivity contribution in [3.8, 4) is 5.75 Å². The minimum atomic E-state index is -0.892. The molecular weight excluding hydrogens is 322 g/mol. The summed E-state index contributed by atoms with van der Waals surface area (Å²) in [5, 5.41) is 8.93. The summed E-state index contributed by atoms with van der Waals surface area (Å²) < 4.78 is 11.0. The first-order valence-corrected chi connectivity index (χ1v) is 8.76. The molecule has 0 saturated carbocycles. The van der Waals surface area contributed by atoms with Gasteiger partial charge >= 0.3 is 5.97 Å². The molecule has 1 aromatic carbocycles. The van der Waals surface area contributed by atoms with E-state index in [0.29, 0.717) is 13.2 Å². The molecule has 0 aromatic heterocycles. The Morgan fingerprint density at radius 1 is 1.20 bits per heavy atom. The summed E-state index contributed by atoms with van der Waals surface area (Å²) in [6, 6.07) is 5.91. The van der Waals surface area contributed by atoms with E-state index in [1.807, 2.05) is 32.0 Å². The van der Waals surface area contributed by atoms with Crippen LogP contribution in [0.4, 0.5) is 0 Å². The number of carbonyl (C=O) groups is 2. The Hall–Kier alpha value is -2.08. The number of nitrogens with zero attached hydrogens (tertiary/aromatic N) is 1. The molecule has 0 radical (unpaired) electrons. The second-order valence-electron chi connectivity index (χ2n) is 6.42. The maximum absolute atomic E-state index is 12.6. The number of hydrogen-bond donors (Lipinski definition) is 1. The summed E-state index contributed by atoms with van der Waals surface area (Å²) in [6.45, 7) is 5.81. The van der Waals surface area contributed by atoms with E-state index in [2.05, 4.69) is 0 Å². The number of carboxylic acid groups (broad SMARTS) is 1. The Morgan fingerprint density at radius 3 is 2.56 bits per heavy atom. The SMILES string of the molecule is Cc1ccc(OCCC(=O)N(CCC(=O)O)C2CCOCC2)cc1C. The van der Waals surface area contributed by atoms with Crippen molar-refractivity contribution in [1.29, 1.82) is 0 Å². The van der Waals surface area contributed by atoms with Gasteiger partial charge in [0.15, 0.2) is 0 Å². The highest BCUT2D eigenvalue weighted by atomic mass is 16.5. The molecule has 1 heterocycles. The molecule has 2 rings (SSSR count). The molecule has 1 saturated heterocycles. The van der Waals surface area contributed by atoms with E-state index in [-0.39, 0.29) is 37.9 Å². The van der Waals surface area contributed by atoms with Crippen molar-refractivity contribution in [2.24, 2.45) is 0 Å². The lowest BCUT2D eigenvalue weighted by Crippen LogP contribution is -2.44. The Labute approximate surface area is 148 Å². The van der Waals surface area contributed by atoms with Crippen LogP contribution in [0.15, 0.2) is 18.2 Å². The van der Waals surface area contributed by atoms with Crippen LogP contribution in [0.25, 0.3) is 0 Å². The standard InChI is InChI=1S/C19H27NO5/c1-14-3-4-17(13-15(14)2)25-12-8-18(21)20(9-5-19(22)23)16-6-10-24-11-7-16/h3-4,13,16H,5-12H2,1-2H3,(H,22,23). The van der Waals surface area contributed by atoms with Gasteiger partial charge < -0.3 is 19.5 Å². The average molecular weight is 349 g/mol. The molecule has 1 aliphatic heterocycles. The molecule has 6 nitrogen and oxygen atoms in total. The van der Waals surface area contributed by atoms with Gasteiger partial charge in [-0.15, -0.1) is 0 Å². The summed E-state index contributed by atoms with van der Waals surface area (Å²) in [5.74, 6) is -0.202. The molecule has 1 fully saturated rings. The van der Waals surface area contributed by atoms with Crippen molar-refractivity contribution in [3.05, 3.63) is 29.3 Å². The fraction of sp³-hybridized carbons (Fsp3) is 0.579. The van der Waals surface area contributed by atoms with Crippen LogP contribution in [0.3, 0.4) is 0 Å². The smallest absolute Gasteiger partial charge is 0.305 e. The molecule has 0 unspecified atom stereocenters. The number of carboxylic acids is 1. The van der Waals surface area contributed by atoms with Gasteiger partial charge in [0.05, 0.1) is 19.4 Å². The second-order valence-corrected chi connectivity index (χ2v) is 6.42. The van der Waals surface area contributed by atoms with Crippen LogP contribution in [0.1, 0.15) is 36.8 Å². The zero-order valence-corrected chi connectivity index (χ0v) is 15.0. The van der Waals surface area contributed by atoms with Crippen molar-refractivity contribution in [3.63, 3.8) is 0 Å². The van der Waals surface area contributed by atoms with Gasteiger partial charge in [-0.25, -0.2) is 0 Å². The summed E-state index contributed by atoms with van der Waals surface area (Å²) in [7, 11) is 0. The molecule has 6 heteroatoms. The number of aryl methyl sites for hydroxylation is 2. The number of carbonyl (C=O) groups excluding carboxylic acids is 1. The van der Waals surface area contributed by atoms with Crippen LogP contribution >= 0.6 is 0 Å². The van der Waals surface area contributed by atoms with Crippen molar-refractivity contribution in [2.45, 2.75) is 45.6 Å². The predicted octanol–water partition coefficient (Wildman–Crippen LogP) is 2.55. The van der Waals surface area contributed by atoms with Crippen LogP contribution in [-0.2, 0) is 14.3 Å². The summed E-state index contributed by atoms with van der Waals surface area (Å²) in [4.78, 5) is 25.2. The minimum absolute atomic E-state index is 0.0406. The van der Waals surface area contributed by atoms with Gasteiger partial charge in [0.25, 0.3) is 0 Å². The van der Waals surface area contributed by atoms with Gasteiger partial charge in [0, 0.05) is 25.8 Å². The highest BCUT2D eigenvalue weighted by Gasteiger charge is 2.26. The number of amides is 1. The maximum atomic E-state index is 12.6. The van der Waals surface area contributed by atoms with Crippen LogP contribution < -0.4 is 4.74 Å². The van der Waals surface area contributed by atoms with E-state index in [1.165, 1.54) is 5.56 Å². The summed E-state index contributed by atoms with van der Waals surface area (Å²) in [5.41, 5.74) is 2.34. The van der Waals surface area contributed by atoms with Crippen molar-refractivity contribution >= 4 is 11.9 Å². The molecule has 0 atom stereocenters. The zero-order chi connectivity index (χ0) is 18.2. The van der Waals surface area contributed by atoms with Crippen molar-refractivity contribution < 1.29 is 24.2 Å². The molecule has 1 N–H and O–H groups in total. The van der Waals surface area contributed by atoms with E-state index in [4.69, 9.17) is 14.6 Å². The van der Waals surface area contributed by atoms with Gasteiger partial charge in [-0.3, -0.25) is 9.59 Å². The molecule has 138 valence electrons. The first-order chi connectivity index (χ1) is 12.0. The molecule has 1 aromatic rings. The number of aliphatic carboxylic acids is 1. The van der Waals surface area contributed by atoms with Crippen molar-refractivity contribution in [2.75, 3.05) is 26.4 Å². The highest BCUT2D eigenvalue weighted by Crippen LogP contribution is 2.18. The van der Waals surface area contributed by atoms with Crippen LogP contribution in [-0.4, -0.2) is 54.3 Å². The molecule has 1 aliphatic rings. The maximum Gasteiger partial charge on any atom is 0.305 e. The van der Waals surface area contributed by atoms with Crippen LogP contribution in [0.2, 0.25) is 0 Å². The summed E-state index contributed by atoms with van der Waals surface area (Å²) in [6.07, 6.45) is 1.71. The third kappa shape index (κ3) is 6.05. The Bertz CT molecular complexity index is 595. The molecule has 25 heavy (non-hydrogen) atoms. The van der Waals surface area contributed by atoms with Crippen LogP contribution in [0.5, 0.6) is 5.75 Å². The Kier molecular flexibility index (Phi) is 7.25.